The first-order valence-electron chi connectivity index (χ1n) is 12.0. The highest BCUT2D eigenvalue weighted by Crippen LogP contribution is 2.20. The van der Waals surface area contributed by atoms with E-state index >= 15 is 0 Å². The first-order valence-corrected chi connectivity index (χ1v) is 12.0. The second-order valence-electron chi connectivity index (χ2n) is 8.58. The molecule has 1 N–H and O–H groups in total. The van der Waals surface area contributed by atoms with Crippen LogP contribution in [0.2, 0.25) is 0 Å². The smallest absolute Gasteiger partial charge is 0.243 e. The van der Waals surface area contributed by atoms with Gasteiger partial charge in [-0.15, -0.1) is 0 Å². The maximum Gasteiger partial charge on any atom is 0.243 e. The van der Waals surface area contributed by atoms with Gasteiger partial charge in [-0.1, -0.05) is 61.0 Å². The SMILES string of the molecule is CCC(=O)N(Cc1ccc(OC)cc1)C(Cc1ccccc1)C(=O)NCCC1=CCCCC1. The number of rotatable bonds is 11. The number of nitrogens with zero attached hydrogens (tertiary/aromatic N) is 1. The molecule has 5 heteroatoms. The Balaban J connectivity index is 1.77. The molecule has 0 spiro atoms. The van der Waals surface area contributed by atoms with Crippen molar-refractivity contribution in [3.05, 3.63) is 77.4 Å². The monoisotopic (exact) mass is 448 g/mol. The van der Waals surface area contributed by atoms with Crippen LogP contribution in [-0.4, -0.2) is 36.4 Å². The van der Waals surface area contributed by atoms with E-state index in [1.807, 2.05) is 61.5 Å². The zero-order valence-corrected chi connectivity index (χ0v) is 19.9. The fraction of sp³-hybridized carbons (Fsp3) is 0.429. The van der Waals surface area contributed by atoms with Crippen molar-refractivity contribution in [3.8, 4) is 5.75 Å². The van der Waals surface area contributed by atoms with Gasteiger partial charge in [-0.05, 0) is 55.4 Å². The van der Waals surface area contributed by atoms with Crippen LogP contribution in [0.1, 0.15) is 56.6 Å². The third-order valence-corrected chi connectivity index (χ3v) is 6.22. The number of hydrogen-bond acceptors (Lipinski definition) is 3. The predicted molar refractivity (Wildman–Crippen MR) is 132 cm³/mol. The van der Waals surface area contributed by atoms with Crippen molar-refractivity contribution in [1.29, 1.82) is 0 Å². The van der Waals surface area contributed by atoms with Gasteiger partial charge in [0, 0.05) is 25.9 Å². The van der Waals surface area contributed by atoms with Crippen LogP contribution >= 0.6 is 0 Å². The van der Waals surface area contributed by atoms with Crippen LogP contribution in [0.15, 0.2) is 66.2 Å². The fourth-order valence-corrected chi connectivity index (χ4v) is 4.28. The number of methoxy groups -OCH3 is 1. The number of amides is 2. The summed E-state index contributed by atoms with van der Waals surface area (Å²) in [5.74, 6) is 0.644. The quantitative estimate of drug-likeness (QED) is 0.489. The second-order valence-corrected chi connectivity index (χ2v) is 8.58. The van der Waals surface area contributed by atoms with Crippen molar-refractivity contribution < 1.29 is 14.3 Å². The van der Waals surface area contributed by atoms with Gasteiger partial charge < -0.3 is 15.0 Å². The lowest BCUT2D eigenvalue weighted by Crippen LogP contribution is -2.50. The Labute approximate surface area is 197 Å². The van der Waals surface area contributed by atoms with E-state index in [0.29, 0.717) is 25.9 Å². The molecule has 33 heavy (non-hydrogen) atoms. The van der Waals surface area contributed by atoms with Gasteiger partial charge in [-0.3, -0.25) is 9.59 Å². The minimum atomic E-state index is -0.567. The van der Waals surface area contributed by atoms with Crippen LogP contribution in [0.4, 0.5) is 0 Å². The molecule has 1 atom stereocenters. The highest BCUT2D eigenvalue weighted by atomic mass is 16.5. The van der Waals surface area contributed by atoms with E-state index in [1.165, 1.54) is 18.4 Å². The molecular formula is C28H36N2O3. The number of benzene rings is 2. The molecule has 0 aliphatic heterocycles. The van der Waals surface area contributed by atoms with E-state index in [2.05, 4.69) is 11.4 Å². The Hall–Kier alpha value is -3.08. The molecule has 0 fully saturated rings. The third-order valence-electron chi connectivity index (χ3n) is 6.22. The highest BCUT2D eigenvalue weighted by Gasteiger charge is 2.29. The lowest BCUT2D eigenvalue weighted by atomic mass is 9.97. The van der Waals surface area contributed by atoms with Crippen LogP contribution < -0.4 is 10.1 Å². The second kappa shape index (κ2) is 12.8. The molecule has 0 saturated heterocycles. The molecule has 2 aromatic rings. The predicted octanol–water partition coefficient (Wildman–Crippen LogP) is 5.05. The number of allylic oxidation sites excluding steroid dienone is 1. The molecule has 3 rings (SSSR count). The summed E-state index contributed by atoms with van der Waals surface area (Å²) in [6.45, 7) is 2.83. The Morgan fingerprint density at radius 1 is 1.03 bits per heavy atom. The molecule has 0 saturated carbocycles. The van der Waals surface area contributed by atoms with E-state index in [4.69, 9.17) is 4.74 Å². The van der Waals surface area contributed by atoms with E-state index in [0.717, 1.165) is 36.1 Å². The molecule has 1 unspecified atom stereocenters. The Bertz CT molecular complexity index is 922. The van der Waals surface area contributed by atoms with E-state index < -0.39 is 6.04 Å². The summed E-state index contributed by atoms with van der Waals surface area (Å²) in [6.07, 6.45) is 8.78. The minimum absolute atomic E-state index is 0.0307. The van der Waals surface area contributed by atoms with Gasteiger partial charge in [0.1, 0.15) is 11.8 Å². The third kappa shape index (κ3) is 7.48. The first-order chi connectivity index (χ1) is 16.1. The largest absolute Gasteiger partial charge is 0.497 e. The first kappa shape index (κ1) is 24.6. The average molecular weight is 449 g/mol. The molecular weight excluding hydrogens is 412 g/mol. The summed E-state index contributed by atoms with van der Waals surface area (Å²) in [5.41, 5.74) is 3.44. The standard InChI is InChI=1S/C28H36N2O3/c1-3-27(31)30(21-24-14-16-25(33-2)17-15-24)26(20-23-12-8-5-9-13-23)28(32)29-19-18-22-10-6-4-7-11-22/h5,8-10,12-17,26H,3-4,6-7,11,18-21H2,1-2H3,(H,29,32). The molecule has 0 bridgehead atoms. The van der Waals surface area contributed by atoms with Gasteiger partial charge in [0.15, 0.2) is 0 Å². The van der Waals surface area contributed by atoms with Crippen molar-refractivity contribution in [2.24, 2.45) is 0 Å². The van der Waals surface area contributed by atoms with Crippen LogP contribution in [0.5, 0.6) is 5.75 Å². The molecule has 5 nitrogen and oxygen atoms in total. The fourth-order valence-electron chi connectivity index (χ4n) is 4.28. The molecule has 0 heterocycles. The number of nitrogens with one attached hydrogen (secondary N) is 1. The van der Waals surface area contributed by atoms with Gasteiger partial charge in [-0.2, -0.15) is 0 Å². The maximum absolute atomic E-state index is 13.4. The van der Waals surface area contributed by atoms with E-state index in [1.54, 1.807) is 12.0 Å². The van der Waals surface area contributed by atoms with Crippen LogP contribution in [-0.2, 0) is 22.6 Å². The van der Waals surface area contributed by atoms with E-state index in [-0.39, 0.29) is 11.8 Å². The molecule has 2 aromatic carbocycles. The molecule has 2 amide bonds. The van der Waals surface area contributed by atoms with Crippen molar-refractivity contribution in [1.82, 2.24) is 10.2 Å². The van der Waals surface area contributed by atoms with Gasteiger partial charge in [0.2, 0.25) is 11.8 Å². The molecule has 0 radical (unpaired) electrons. The maximum atomic E-state index is 13.4. The Morgan fingerprint density at radius 2 is 1.79 bits per heavy atom. The van der Waals surface area contributed by atoms with Crippen molar-refractivity contribution in [2.75, 3.05) is 13.7 Å². The van der Waals surface area contributed by atoms with Crippen LogP contribution in [0.25, 0.3) is 0 Å². The van der Waals surface area contributed by atoms with Crippen molar-refractivity contribution >= 4 is 11.8 Å². The summed E-state index contributed by atoms with van der Waals surface area (Å²) >= 11 is 0. The minimum Gasteiger partial charge on any atom is -0.497 e. The average Bonchev–Trinajstić information content (AvgIpc) is 2.87. The van der Waals surface area contributed by atoms with Gasteiger partial charge >= 0.3 is 0 Å². The number of hydrogen-bond donors (Lipinski definition) is 1. The number of carbonyl (C=O) groups excluding carboxylic acids is 2. The lowest BCUT2D eigenvalue weighted by molar-refractivity contribution is -0.141. The Kier molecular flexibility index (Phi) is 9.55. The van der Waals surface area contributed by atoms with Gasteiger partial charge in [0.05, 0.1) is 7.11 Å². The van der Waals surface area contributed by atoms with Crippen LogP contribution in [0, 0.1) is 0 Å². The number of carbonyl (C=O) groups is 2. The Morgan fingerprint density at radius 3 is 2.42 bits per heavy atom. The number of ether oxygens (including phenoxy) is 1. The normalized spacial score (nSPS) is 14.2. The molecule has 1 aliphatic rings. The summed E-state index contributed by atoms with van der Waals surface area (Å²) in [4.78, 5) is 28.1. The summed E-state index contributed by atoms with van der Waals surface area (Å²) in [7, 11) is 1.63. The zero-order valence-electron chi connectivity index (χ0n) is 19.9. The molecule has 0 aromatic heterocycles. The molecule has 176 valence electrons. The zero-order chi connectivity index (χ0) is 23.5. The van der Waals surface area contributed by atoms with Gasteiger partial charge in [0.25, 0.3) is 0 Å². The van der Waals surface area contributed by atoms with Crippen molar-refractivity contribution in [2.45, 2.75) is 64.5 Å². The summed E-state index contributed by atoms with van der Waals surface area (Å²) in [5, 5.41) is 3.12. The van der Waals surface area contributed by atoms with E-state index in [9.17, 15) is 9.59 Å². The lowest BCUT2D eigenvalue weighted by Gasteiger charge is -2.31. The summed E-state index contributed by atoms with van der Waals surface area (Å²) in [6, 6.07) is 17.0. The molecule has 1 aliphatic carbocycles. The van der Waals surface area contributed by atoms with Crippen molar-refractivity contribution in [3.63, 3.8) is 0 Å². The van der Waals surface area contributed by atoms with Gasteiger partial charge in [-0.25, -0.2) is 0 Å². The summed E-state index contributed by atoms with van der Waals surface area (Å²) < 4.78 is 5.25. The topological polar surface area (TPSA) is 58.6 Å². The highest BCUT2D eigenvalue weighted by molar-refractivity contribution is 5.88. The van der Waals surface area contributed by atoms with Crippen LogP contribution in [0.3, 0.4) is 0 Å².